The van der Waals surface area contributed by atoms with E-state index < -0.39 is 21.9 Å². The summed E-state index contributed by atoms with van der Waals surface area (Å²) in [6.07, 6.45) is 4.59. The van der Waals surface area contributed by atoms with Crippen molar-refractivity contribution in [2.75, 3.05) is 4.72 Å². The Balaban J connectivity index is 1.67. The molecule has 0 amide bonds. The molecule has 0 saturated heterocycles. The summed E-state index contributed by atoms with van der Waals surface area (Å²) in [5.74, 6) is -0.860. The van der Waals surface area contributed by atoms with Gasteiger partial charge in [0.1, 0.15) is 11.9 Å². The number of aliphatic hydroxyl groups is 1. The largest absolute Gasteiger partial charge is 0.472 e. The van der Waals surface area contributed by atoms with Crippen LogP contribution in [0.1, 0.15) is 17.2 Å². The van der Waals surface area contributed by atoms with E-state index in [4.69, 9.17) is 4.42 Å². The van der Waals surface area contributed by atoms with E-state index in [1.807, 2.05) is 0 Å². The fourth-order valence-electron chi connectivity index (χ4n) is 2.79. The molecule has 29 heavy (non-hydrogen) atoms. The Bertz CT molecular complexity index is 1230. The van der Waals surface area contributed by atoms with Crippen molar-refractivity contribution in [3.63, 3.8) is 0 Å². The fraction of sp³-hybridized carbons (Fsp3) is 0.0526. The van der Waals surface area contributed by atoms with Gasteiger partial charge in [0, 0.05) is 34.5 Å². The van der Waals surface area contributed by atoms with E-state index in [9.17, 15) is 17.9 Å². The van der Waals surface area contributed by atoms with Crippen molar-refractivity contribution in [2.45, 2.75) is 11.0 Å². The zero-order chi connectivity index (χ0) is 20.4. The molecule has 4 rings (SSSR count). The number of aliphatic hydroxyl groups excluding tert-OH is 1. The first-order valence-corrected chi connectivity index (χ1v) is 10.7. The maximum Gasteiger partial charge on any atom is 0.263 e. The second kappa shape index (κ2) is 7.74. The summed E-state index contributed by atoms with van der Waals surface area (Å²) >= 11 is 1.10. The second-order valence-electron chi connectivity index (χ2n) is 5.98. The summed E-state index contributed by atoms with van der Waals surface area (Å²) in [6, 6.07) is 8.25. The Morgan fingerprint density at radius 2 is 2.00 bits per heavy atom. The molecule has 7 nitrogen and oxygen atoms in total. The molecule has 10 heteroatoms. The van der Waals surface area contributed by atoms with Gasteiger partial charge in [0.05, 0.1) is 23.1 Å². The van der Waals surface area contributed by atoms with Gasteiger partial charge in [0.15, 0.2) is 5.13 Å². The van der Waals surface area contributed by atoms with Crippen molar-refractivity contribution in [1.82, 2.24) is 9.97 Å². The number of thiazole rings is 1. The Hall–Kier alpha value is -3.08. The normalized spacial score (nSPS) is 12.6. The number of hydrogen-bond donors (Lipinski definition) is 2. The minimum atomic E-state index is -4.00. The summed E-state index contributed by atoms with van der Waals surface area (Å²) < 4.78 is 46.9. The Labute approximate surface area is 169 Å². The van der Waals surface area contributed by atoms with Crippen molar-refractivity contribution in [3.8, 4) is 11.3 Å². The van der Waals surface area contributed by atoms with E-state index in [2.05, 4.69) is 14.7 Å². The highest BCUT2D eigenvalue weighted by molar-refractivity contribution is 7.93. The van der Waals surface area contributed by atoms with Gasteiger partial charge in [-0.05, 0) is 24.3 Å². The highest BCUT2D eigenvalue weighted by Gasteiger charge is 2.23. The quantitative estimate of drug-likeness (QED) is 0.481. The zero-order valence-electron chi connectivity index (χ0n) is 14.7. The van der Waals surface area contributed by atoms with Crippen LogP contribution in [0.3, 0.4) is 0 Å². The van der Waals surface area contributed by atoms with Gasteiger partial charge < -0.3 is 9.52 Å². The number of furan rings is 1. The molecule has 1 atom stereocenters. The number of pyridine rings is 1. The first-order valence-electron chi connectivity index (χ1n) is 8.33. The number of nitrogens with zero attached hydrogens (tertiary/aromatic N) is 2. The van der Waals surface area contributed by atoms with Gasteiger partial charge in [-0.25, -0.2) is 17.8 Å². The van der Waals surface area contributed by atoms with Crippen molar-refractivity contribution < 1.29 is 22.3 Å². The molecule has 0 saturated carbocycles. The number of benzene rings is 1. The molecule has 0 radical (unpaired) electrons. The van der Waals surface area contributed by atoms with Crippen LogP contribution in [-0.2, 0) is 10.0 Å². The van der Waals surface area contributed by atoms with E-state index in [0.29, 0.717) is 16.8 Å². The van der Waals surface area contributed by atoms with Crippen LogP contribution in [0.2, 0.25) is 0 Å². The number of aromatic nitrogens is 2. The number of nitrogens with one attached hydrogen (secondary N) is 1. The lowest BCUT2D eigenvalue weighted by molar-refractivity contribution is 0.215. The SMILES string of the molecule is O=S(=O)(Nc1nccs1)c1ccc(C(O)c2cccnc2-c2ccoc2)c(F)c1. The molecule has 3 heterocycles. The van der Waals surface area contributed by atoms with E-state index >= 15 is 0 Å². The number of halogens is 1. The van der Waals surface area contributed by atoms with Gasteiger partial charge in [0.2, 0.25) is 0 Å². The van der Waals surface area contributed by atoms with Crippen LogP contribution in [0.25, 0.3) is 11.3 Å². The van der Waals surface area contributed by atoms with E-state index in [-0.39, 0.29) is 15.6 Å². The van der Waals surface area contributed by atoms with Crippen molar-refractivity contribution >= 4 is 26.5 Å². The summed E-state index contributed by atoms with van der Waals surface area (Å²) in [7, 11) is -4.00. The van der Waals surface area contributed by atoms with Crippen LogP contribution in [0.5, 0.6) is 0 Å². The lowest BCUT2D eigenvalue weighted by atomic mass is 9.97. The van der Waals surface area contributed by atoms with Gasteiger partial charge >= 0.3 is 0 Å². The van der Waals surface area contributed by atoms with E-state index in [1.54, 1.807) is 29.8 Å². The molecule has 0 bridgehead atoms. The number of hydrogen-bond acceptors (Lipinski definition) is 7. The molecular weight excluding hydrogens is 417 g/mol. The predicted molar refractivity (Wildman–Crippen MR) is 105 cm³/mol. The number of anilines is 1. The predicted octanol–water partition coefficient (Wildman–Crippen LogP) is 3.82. The van der Waals surface area contributed by atoms with Crippen LogP contribution in [0.15, 0.2) is 76.0 Å². The van der Waals surface area contributed by atoms with Crippen LogP contribution < -0.4 is 4.72 Å². The lowest BCUT2D eigenvalue weighted by Crippen LogP contribution is -2.14. The average Bonchev–Trinajstić information content (AvgIpc) is 3.41. The Kier molecular flexibility index (Phi) is 5.14. The Morgan fingerprint density at radius 3 is 2.69 bits per heavy atom. The molecule has 3 aromatic heterocycles. The standard InChI is InChI=1S/C19H14FN3O4S2/c20-16-10-13(29(25,26)23-19-22-7-9-28-19)3-4-14(16)18(24)15-2-1-6-21-17(15)12-5-8-27-11-12/h1-11,18,24H,(H,22,23). The number of rotatable bonds is 6. The minimum Gasteiger partial charge on any atom is -0.472 e. The molecule has 1 unspecified atom stereocenters. The maximum absolute atomic E-state index is 14.8. The molecule has 0 spiro atoms. The highest BCUT2D eigenvalue weighted by Crippen LogP contribution is 2.32. The molecule has 0 aliphatic rings. The third kappa shape index (κ3) is 3.90. The van der Waals surface area contributed by atoms with Gasteiger partial charge in [0.25, 0.3) is 10.0 Å². The topological polar surface area (TPSA) is 105 Å². The van der Waals surface area contributed by atoms with Crippen LogP contribution >= 0.6 is 11.3 Å². The Morgan fingerprint density at radius 1 is 1.14 bits per heavy atom. The molecule has 1 aromatic carbocycles. The fourth-order valence-corrected chi connectivity index (χ4v) is 4.59. The van der Waals surface area contributed by atoms with Crippen molar-refractivity contribution in [2.24, 2.45) is 0 Å². The van der Waals surface area contributed by atoms with E-state index in [1.165, 1.54) is 30.9 Å². The highest BCUT2D eigenvalue weighted by atomic mass is 32.2. The summed E-state index contributed by atoms with van der Waals surface area (Å²) in [5, 5.41) is 12.6. The molecular formula is C19H14FN3O4S2. The van der Waals surface area contributed by atoms with Crippen LogP contribution in [0.4, 0.5) is 9.52 Å². The van der Waals surface area contributed by atoms with Gasteiger partial charge in [-0.1, -0.05) is 12.1 Å². The third-order valence-corrected chi connectivity index (χ3v) is 6.31. The molecule has 0 fully saturated rings. The molecule has 0 aliphatic heterocycles. The molecule has 2 N–H and O–H groups in total. The first-order chi connectivity index (χ1) is 14.0. The average molecular weight is 431 g/mol. The summed E-state index contributed by atoms with van der Waals surface area (Å²) in [5.41, 5.74) is 1.36. The van der Waals surface area contributed by atoms with Crippen molar-refractivity contribution in [1.29, 1.82) is 0 Å². The third-order valence-electron chi connectivity index (χ3n) is 4.16. The monoisotopic (exact) mass is 431 g/mol. The second-order valence-corrected chi connectivity index (χ2v) is 8.56. The van der Waals surface area contributed by atoms with Gasteiger partial charge in [-0.3, -0.25) is 9.71 Å². The molecule has 4 aromatic rings. The first kappa shape index (κ1) is 19.2. The summed E-state index contributed by atoms with van der Waals surface area (Å²) in [6.45, 7) is 0. The summed E-state index contributed by atoms with van der Waals surface area (Å²) in [4.78, 5) is 7.82. The molecule has 148 valence electrons. The number of sulfonamides is 1. The van der Waals surface area contributed by atoms with E-state index in [0.717, 1.165) is 17.4 Å². The van der Waals surface area contributed by atoms with Crippen LogP contribution in [-0.4, -0.2) is 23.5 Å². The lowest BCUT2D eigenvalue weighted by Gasteiger charge is -2.16. The smallest absolute Gasteiger partial charge is 0.263 e. The van der Waals surface area contributed by atoms with Crippen LogP contribution in [0, 0.1) is 5.82 Å². The van der Waals surface area contributed by atoms with Gasteiger partial charge in [-0.15, -0.1) is 11.3 Å². The maximum atomic E-state index is 14.8. The zero-order valence-corrected chi connectivity index (χ0v) is 16.3. The van der Waals surface area contributed by atoms with Gasteiger partial charge in [-0.2, -0.15) is 0 Å². The minimum absolute atomic E-state index is 0.0732. The molecule has 0 aliphatic carbocycles. The van der Waals surface area contributed by atoms with Crippen molar-refractivity contribution in [3.05, 3.63) is 83.6 Å².